The molecule has 0 saturated carbocycles. The smallest absolute Gasteiger partial charge is 0.336 e. The van der Waals surface area contributed by atoms with Crippen LogP contribution in [0.1, 0.15) is 33.3 Å². The van der Waals surface area contributed by atoms with E-state index in [1.54, 1.807) is 52.0 Å². The van der Waals surface area contributed by atoms with Crippen LogP contribution >= 0.6 is 12.6 Å². The number of hydrogen-bond donors (Lipinski definition) is 4. The molecule has 0 fully saturated rings. The molecule has 0 aliphatic rings. The summed E-state index contributed by atoms with van der Waals surface area (Å²) in [5, 5.41) is 5.25. The Balaban J connectivity index is 2.92. The molecule has 10 heteroatoms. The monoisotopic (exact) mass is 479 g/mol. The van der Waals surface area contributed by atoms with Crippen molar-refractivity contribution < 1.29 is 28.7 Å². The molecule has 0 bridgehead atoms. The third kappa shape index (κ3) is 9.67. The Kier molecular flexibility index (Phi) is 11.7. The average Bonchev–Trinajstić information content (AvgIpc) is 2.75. The van der Waals surface area contributed by atoms with E-state index < -0.39 is 41.9 Å². The van der Waals surface area contributed by atoms with Crippen molar-refractivity contribution in [3.05, 3.63) is 41.5 Å². The van der Waals surface area contributed by atoms with Gasteiger partial charge in [-0.25, -0.2) is 9.59 Å². The van der Waals surface area contributed by atoms with E-state index in [9.17, 15) is 19.2 Å². The Morgan fingerprint density at radius 3 is 2.15 bits per heavy atom. The van der Waals surface area contributed by atoms with Crippen molar-refractivity contribution in [1.29, 1.82) is 0 Å². The van der Waals surface area contributed by atoms with Crippen LogP contribution in [0.5, 0.6) is 5.75 Å². The highest BCUT2D eigenvalue weighted by Gasteiger charge is 2.30. The first kappa shape index (κ1) is 28.2. The lowest BCUT2D eigenvalue weighted by atomic mass is 10.0. The summed E-state index contributed by atoms with van der Waals surface area (Å²) in [6.45, 7) is 7.10. The fourth-order valence-corrected chi connectivity index (χ4v) is 2.95. The van der Waals surface area contributed by atoms with E-state index in [1.165, 1.54) is 13.2 Å². The third-order valence-corrected chi connectivity index (χ3v) is 4.96. The van der Waals surface area contributed by atoms with E-state index in [2.05, 4.69) is 23.3 Å². The van der Waals surface area contributed by atoms with Crippen LogP contribution in [-0.4, -0.2) is 54.7 Å². The average molecular weight is 480 g/mol. The SMILES string of the molecule is COC(=O)[C@H](Cc1ccc(OC(=O)C=C(C)C)cc1)NC(=O)[C@@H](NC(=O)[C@@H](N)CS)C(C)C. The van der Waals surface area contributed by atoms with Crippen LogP contribution in [0.4, 0.5) is 0 Å². The number of thiol groups is 1. The molecule has 1 aromatic rings. The highest BCUT2D eigenvalue weighted by Crippen LogP contribution is 2.15. The van der Waals surface area contributed by atoms with Crippen LogP contribution in [-0.2, 0) is 30.3 Å². The summed E-state index contributed by atoms with van der Waals surface area (Å²) in [6.07, 6.45) is 1.51. The standard InChI is InChI=1S/C23H33N3O6S/c1-13(2)10-19(27)32-16-8-6-15(7-9-16)11-18(23(30)31-5)25-22(29)20(14(3)4)26-21(28)17(24)12-33/h6-10,14,17-18,20,33H,11-12,24H2,1-5H3,(H,25,29)(H,26,28)/t17-,18-,20-/m0/s1. The molecule has 0 spiro atoms. The Hall–Kier alpha value is -2.85. The second kappa shape index (κ2) is 13.6. The molecule has 3 atom stereocenters. The number of amides is 2. The molecule has 0 radical (unpaired) electrons. The van der Waals surface area contributed by atoms with Gasteiger partial charge in [-0.2, -0.15) is 12.6 Å². The van der Waals surface area contributed by atoms with E-state index in [0.29, 0.717) is 11.3 Å². The molecule has 1 rings (SSSR count). The summed E-state index contributed by atoms with van der Waals surface area (Å²) in [6, 6.07) is 3.81. The third-order valence-electron chi connectivity index (χ3n) is 4.57. The molecular weight excluding hydrogens is 446 g/mol. The molecule has 0 unspecified atom stereocenters. The summed E-state index contributed by atoms with van der Waals surface area (Å²) in [5.41, 5.74) is 7.20. The number of nitrogens with two attached hydrogens (primary N) is 1. The predicted octanol–water partition coefficient (Wildman–Crippen LogP) is 1.16. The van der Waals surface area contributed by atoms with E-state index in [4.69, 9.17) is 15.2 Å². The Labute approximate surface area is 199 Å². The molecule has 0 aliphatic carbocycles. The van der Waals surface area contributed by atoms with E-state index in [1.807, 2.05) is 0 Å². The van der Waals surface area contributed by atoms with Gasteiger partial charge in [0.05, 0.1) is 13.2 Å². The predicted molar refractivity (Wildman–Crippen MR) is 128 cm³/mol. The maximum Gasteiger partial charge on any atom is 0.336 e. The Morgan fingerprint density at radius 1 is 1.06 bits per heavy atom. The zero-order chi connectivity index (χ0) is 25.1. The molecule has 33 heavy (non-hydrogen) atoms. The van der Waals surface area contributed by atoms with Gasteiger partial charge in [-0.05, 0) is 37.5 Å². The first-order valence-electron chi connectivity index (χ1n) is 10.5. The second-order valence-electron chi connectivity index (χ2n) is 8.09. The lowest BCUT2D eigenvalue weighted by Crippen LogP contribution is -2.57. The van der Waals surface area contributed by atoms with Crippen LogP contribution in [0.3, 0.4) is 0 Å². The largest absolute Gasteiger partial charge is 0.467 e. The van der Waals surface area contributed by atoms with E-state index in [-0.39, 0.29) is 18.1 Å². The Bertz CT molecular complexity index is 865. The van der Waals surface area contributed by atoms with Crippen LogP contribution in [0.25, 0.3) is 0 Å². The van der Waals surface area contributed by atoms with Gasteiger partial charge in [0.15, 0.2) is 0 Å². The van der Waals surface area contributed by atoms with E-state index >= 15 is 0 Å². The summed E-state index contributed by atoms with van der Waals surface area (Å²) in [5.74, 6) is -1.94. The van der Waals surface area contributed by atoms with Gasteiger partial charge >= 0.3 is 11.9 Å². The summed E-state index contributed by atoms with van der Waals surface area (Å²) in [7, 11) is 1.22. The lowest BCUT2D eigenvalue weighted by molar-refractivity contribution is -0.145. The number of benzene rings is 1. The van der Waals surface area contributed by atoms with Gasteiger partial charge in [0.2, 0.25) is 11.8 Å². The molecule has 0 saturated heterocycles. The van der Waals surface area contributed by atoms with Crippen molar-refractivity contribution >= 4 is 36.4 Å². The highest BCUT2D eigenvalue weighted by atomic mass is 32.1. The fourth-order valence-electron chi connectivity index (χ4n) is 2.79. The first-order chi connectivity index (χ1) is 15.5. The quantitative estimate of drug-likeness (QED) is 0.162. The molecular formula is C23H33N3O6S. The van der Waals surface area contributed by atoms with Crippen molar-refractivity contribution in [3.8, 4) is 5.75 Å². The number of nitrogens with one attached hydrogen (secondary N) is 2. The molecule has 2 amide bonds. The highest BCUT2D eigenvalue weighted by molar-refractivity contribution is 7.80. The van der Waals surface area contributed by atoms with Crippen molar-refractivity contribution in [2.75, 3.05) is 12.9 Å². The van der Waals surface area contributed by atoms with Gasteiger partial charge in [-0.3, -0.25) is 9.59 Å². The van der Waals surface area contributed by atoms with Gasteiger partial charge < -0.3 is 25.8 Å². The normalized spacial score (nSPS) is 13.3. The van der Waals surface area contributed by atoms with Crippen molar-refractivity contribution in [2.24, 2.45) is 11.7 Å². The minimum absolute atomic E-state index is 0.128. The first-order valence-corrected chi connectivity index (χ1v) is 11.1. The number of hydrogen-bond acceptors (Lipinski definition) is 8. The number of allylic oxidation sites excluding steroid dienone is 1. The molecule has 0 aromatic heterocycles. The molecule has 9 nitrogen and oxygen atoms in total. The van der Waals surface area contributed by atoms with Crippen molar-refractivity contribution in [2.45, 2.75) is 52.2 Å². The maximum atomic E-state index is 12.9. The van der Waals surface area contributed by atoms with Crippen molar-refractivity contribution in [1.82, 2.24) is 10.6 Å². The number of esters is 2. The number of carbonyl (C=O) groups excluding carboxylic acids is 4. The summed E-state index contributed by atoms with van der Waals surface area (Å²) >= 11 is 3.99. The number of rotatable bonds is 11. The lowest BCUT2D eigenvalue weighted by Gasteiger charge is -2.25. The van der Waals surface area contributed by atoms with Crippen molar-refractivity contribution in [3.63, 3.8) is 0 Å². The van der Waals surface area contributed by atoms with Crippen LogP contribution in [0.2, 0.25) is 0 Å². The van der Waals surface area contributed by atoms with Crippen LogP contribution in [0.15, 0.2) is 35.9 Å². The molecule has 4 N–H and O–H groups in total. The zero-order valence-electron chi connectivity index (χ0n) is 19.6. The van der Waals surface area contributed by atoms with Gasteiger partial charge in [-0.15, -0.1) is 0 Å². The molecule has 0 heterocycles. The van der Waals surface area contributed by atoms with Gasteiger partial charge in [0.25, 0.3) is 0 Å². The Morgan fingerprint density at radius 2 is 1.67 bits per heavy atom. The van der Waals surface area contributed by atoms with Crippen LogP contribution in [0, 0.1) is 5.92 Å². The van der Waals surface area contributed by atoms with E-state index in [0.717, 1.165) is 5.57 Å². The number of methoxy groups -OCH3 is 1. The minimum atomic E-state index is -0.988. The molecule has 182 valence electrons. The summed E-state index contributed by atoms with van der Waals surface area (Å²) < 4.78 is 10.0. The van der Waals surface area contributed by atoms with Crippen LogP contribution < -0.4 is 21.1 Å². The number of carbonyl (C=O) groups is 4. The summed E-state index contributed by atoms with van der Waals surface area (Å²) in [4.78, 5) is 49.0. The zero-order valence-corrected chi connectivity index (χ0v) is 20.5. The minimum Gasteiger partial charge on any atom is -0.467 e. The molecule has 1 aromatic carbocycles. The molecule has 0 aliphatic heterocycles. The van der Waals surface area contributed by atoms with Gasteiger partial charge in [0, 0.05) is 18.2 Å². The number of ether oxygens (including phenoxy) is 2. The topological polar surface area (TPSA) is 137 Å². The van der Waals surface area contributed by atoms with Gasteiger partial charge in [0.1, 0.15) is 17.8 Å². The second-order valence-corrected chi connectivity index (χ2v) is 8.46. The van der Waals surface area contributed by atoms with Gasteiger partial charge in [-0.1, -0.05) is 31.6 Å². The maximum absolute atomic E-state index is 12.9. The fraction of sp³-hybridized carbons (Fsp3) is 0.478.